The third kappa shape index (κ3) is 7.08. The van der Waals surface area contributed by atoms with E-state index in [-0.39, 0.29) is 40.5 Å². The Morgan fingerprint density at radius 2 is 1.88 bits per heavy atom. The fraction of sp³-hybridized carbons (Fsp3) is 0.483. The molecule has 1 aliphatic rings. The Morgan fingerprint density at radius 1 is 1.20 bits per heavy atom. The average Bonchev–Trinajstić information content (AvgIpc) is 3.41. The summed E-state index contributed by atoms with van der Waals surface area (Å²) in [5.74, 6) is -0.346. The molecule has 11 nitrogen and oxygen atoms in total. The normalized spacial score (nSPS) is 15.0. The molecule has 1 aromatic carbocycles. The van der Waals surface area contributed by atoms with E-state index in [0.29, 0.717) is 28.3 Å². The van der Waals surface area contributed by atoms with E-state index >= 15 is 0 Å². The third-order valence-corrected chi connectivity index (χ3v) is 7.04. The molecule has 1 aliphatic carbocycles. The van der Waals surface area contributed by atoms with Gasteiger partial charge in [0, 0.05) is 23.6 Å². The van der Waals surface area contributed by atoms with Crippen molar-refractivity contribution >= 4 is 41.2 Å². The predicted octanol–water partition coefficient (Wildman–Crippen LogP) is 6.30. The number of ether oxygens (including phenoxy) is 1. The molecule has 0 aliphatic heterocycles. The van der Waals surface area contributed by atoms with E-state index in [4.69, 9.17) is 26.6 Å². The van der Waals surface area contributed by atoms with Gasteiger partial charge in [-0.3, -0.25) is 20.2 Å². The zero-order valence-electron chi connectivity index (χ0n) is 24.4. The first-order valence-corrected chi connectivity index (χ1v) is 13.9. The Balaban J connectivity index is 1.53. The molecule has 2 aromatic heterocycles. The van der Waals surface area contributed by atoms with Crippen molar-refractivity contribution in [1.82, 2.24) is 14.9 Å². The maximum absolute atomic E-state index is 12.7. The summed E-state index contributed by atoms with van der Waals surface area (Å²) in [4.78, 5) is 37.8. The molecule has 1 fully saturated rings. The highest BCUT2D eigenvalue weighted by atomic mass is 35.5. The number of primary amides is 1. The van der Waals surface area contributed by atoms with Gasteiger partial charge >= 0.3 is 6.09 Å². The molecule has 220 valence electrons. The molecular formula is C29H37ClN6O5. The van der Waals surface area contributed by atoms with Crippen LogP contribution in [0, 0.1) is 5.41 Å². The van der Waals surface area contributed by atoms with Crippen LogP contribution >= 0.6 is 11.6 Å². The zero-order valence-corrected chi connectivity index (χ0v) is 25.2. The van der Waals surface area contributed by atoms with Gasteiger partial charge in [0.05, 0.1) is 17.1 Å². The van der Waals surface area contributed by atoms with E-state index in [1.807, 2.05) is 13.8 Å². The number of aromatic nitrogens is 3. The van der Waals surface area contributed by atoms with Crippen molar-refractivity contribution in [3.8, 4) is 11.3 Å². The quantitative estimate of drug-likeness (QED) is 0.280. The second kappa shape index (κ2) is 11.2. The molecule has 4 rings (SSSR count). The van der Waals surface area contributed by atoms with Crippen molar-refractivity contribution in [1.29, 1.82) is 0 Å². The monoisotopic (exact) mass is 584 g/mol. The Bertz CT molecular complexity index is 1480. The number of carbonyl (C=O) groups is 3. The highest BCUT2D eigenvalue weighted by molar-refractivity contribution is 6.33. The number of rotatable bonds is 8. The molecule has 0 bridgehead atoms. The van der Waals surface area contributed by atoms with Gasteiger partial charge in [0.15, 0.2) is 0 Å². The van der Waals surface area contributed by atoms with Crippen LogP contribution in [0.5, 0.6) is 0 Å². The number of nitrogens with two attached hydrogens (primary N) is 1. The molecule has 4 N–H and O–H groups in total. The van der Waals surface area contributed by atoms with Crippen LogP contribution < -0.4 is 16.4 Å². The summed E-state index contributed by atoms with van der Waals surface area (Å²) in [5.41, 5.74) is 7.38. The second-order valence-electron chi connectivity index (χ2n) is 12.5. The fourth-order valence-electron chi connectivity index (χ4n) is 5.00. The lowest BCUT2D eigenvalue weighted by atomic mass is 9.63. The number of carbonyl (C=O) groups excluding carboxylic acids is 3. The SMILES string of the molecule is CC(C)n1nc(-c2ccc(CC(=O)Nc3cc(C4CC(C)(C)C4)no3)cc2Cl)c(C(N)=O)c1NC(=O)OC(C)(C)C. The van der Waals surface area contributed by atoms with E-state index in [0.717, 1.165) is 18.5 Å². The van der Waals surface area contributed by atoms with E-state index in [1.54, 1.807) is 45.0 Å². The van der Waals surface area contributed by atoms with E-state index in [1.165, 1.54) is 4.68 Å². The first-order chi connectivity index (χ1) is 19.0. The average molecular weight is 585 g/mol. The van der Waals surface area contributed by atoms with Crippen molar-refractivity contribution in [3.63, 3.8) is 0 Å². The number of amides is 3. The fourth-order valence-corrected chi connectivity index (χ4v) is 5.29. The van der Waals surface area contributed by atoms with Crippen LogP contribution in [0.15, 0.2) is 28.8 Å². The maximum Gasteiger partial charge on any atom is 0.413 e. The summed E-state index contributed by atoms with van der Waals surface area (Å²) < 4.78 is 12.2. The smallest absolute Gasteiger partial charge is 0.413 e. The van der Waals surface area contributed by atoms with Crippen molar-refractivity contribution < 1.29 is 23.6 Å². The van der Waals surface area contributed by atoms with Gasteiger partial charge < -0.3 is 15.0 Å². The van der Waals surface area contributed by atoms with Gasteiger partial charge in [-0.25, -0.2) is 9.48 Å². The number of benzene rings is 1. The zero-order chi connectivity index (χ0) is 30.3. The maximum atomic E-state index is 12.7. The minimum atomic E-state index is -0.797. The van der Waals surface area contributed by atoms with Crippen LogP contribution in [0.1, 0.15) is 94.9 Å². The third-order valence-electron chi connectivity index (χ3n) is 6.73. The number of halogens is 1. The minimum absolute atomic E-state index is 0.00655. The summed E-state index contributed by atoms with van der Waals surface area (Å²) in [5, 5.41) is 14.3. The van der Waals surface area contributed by atoms with Gasteiger partial charge in [-0.2, -0.15) is 5.10 Å². The molecule has 12 heteroatoms. The number of anilines is 2. The molecule has 1 saturated carbocycles. The Morgan fingerprint density at radius 3 is 2.44 bits per heavy atom. The van der Waals surface area contributed by atoms with Crippen LogP contribution in [0.3, 0.4) is 0 Å². The van der Waals surface area contributed by atoms with Crippen molar-refractivity contribution in [3.05, 3.63) is 46.1 Å². The van der Waals surface area contributed by atoms with Gasteiger partial charge in [0.25, 0.3) is 5.91 Å². The Kier molecular flexibility index (Phi) is 8.22. The van der Waals surface area contributed by atoms with E-state index in [9.17, 15) is 14.4 Å². The highest BCUT2D eigenvalue weighted by Crippen LogP contribution is 2.50. The number of hydrogen-bond acceptors (Lipinski definition) is 7. The largest absolute Gasteiger partial charge is 0.444 e. The topological polar surface area (TPSA) is 154 Å². The summed E-state index contributed by atoms with van der Waals surface area (Å²) in [6.45, 7) is 13.3. The highest BCUT2D eigenvalue weighted by Gasteiger charge is 2.38. The molecule has 0 radical (unpaired) electrons. The van der Waals surface area contributed by atoms with E-state index < -0.39 is 17.6 Å². The van der Waals surface area contributed by atoms with Crippen LogP contribution in [0.25, 0.3) is 11.3 Å². The summed E-state index contributed by atoms with van der Waals surface area (Å²) in [6.07, 6.45) is 1.34. The van der Waals surface area contributed by atoms with Crippen LogP contribution in [0.2, 0.25) is 5.02 Å². The first kappa shape index (κ1) is 30.1. The Labute approximate surface area is 244 Å². The van der Waals surface area contributed by atoms with Crippen molar-refractivity contribution in [2.45, 2.75) is 85.3 Å². The molecule has 41 heavy (non-hydrogen) atoms. The number of nitrogens with one attached hydrogen (secondary N) is 2. The molecule has 0 saturated heterocycles. The summed E-state index contributed by atoms with van der Waals surface area (Å²) in [7, 11) is 0. The molecular weight excluding hydrogens is 548 g/mol. The first-order valence-electron chi connectivity index (χ1n) is 13.5. The van der Waals surface area contributed by atoms with E-state index in [2.05, 4.69) is 34.7 Å². The van der Waals surface area contributed by atoms with Gasteiger partial charge in [-0.1, -0.05) is 42.7 Å². The Hall–Kier alpha value is -3.86. The van der Waals surface area contributed by atoms with Crippen molar-refractivity contribution in [2.75, 3.05) is 10.6 Å². The lowest BCUT2D eigenvalue weighted by Crippen LogP contribution is -2.29. The van der Waals surface area contributed by atoms with Gasteiger partial charge in [0.2, 0.25) is 11.8 Å². The molecule has 2 heterocycles. The molecule has 3 amide bonds. The summed E-state index contributed by atoms with van der Waals surface area (Å²) >= 11 is 6.63. The van der Waals surface area contributed by atoms with Crippen LogP contribution in [-0.2, 0) is 16.0 Å². The van der Waals surface area contributed by atoms with Gasteiger partial charge in [-0.05, 0) is 64.5 Å². The number of nitrogens with zero attached hydrogens (tertiary/aromatic N) is 3. The lowest BCUT2D eigenvalue weighted by molar-refractivity contribution is -0.115. The number of hydrogen-bond donors (Lipinski definition) is 3. The molecule has 0 spiro atoms. The van der Waals surface area contributed by atoms with Crippen LogP contribution in [-0.4, -0.2) is 38.4 Å². The molecule has 3 aromatic rings. The summed E-state index contributed by atoms with van der Waals surface area (Å²) in [6, 6.07) is 6.53. The van der Waals surface area contributed by atoms with Gasteiger partial charge in [0.1, 0.15) is 22.7 Å². The second-order valence-corrected chi connectivity index (χ2v) is 12.9. The molecule has 0 atom stereocenters. The standard InChI is InChI=1S/C29H37ClN6O5/c1-15(2)36-26(33-27(39)40-28(3,4)5)23(25(31)38)24(34-36)18-9-8-16(10-19(18)30)11-21(37)32-22-12-20(35-41-22)17-13-29(6,7)14-17/h8-10,12,15,17H,11,13-14H2,1-7H3,(H2,31,38)(H,32,37)(H,33,39). The minimum Gasteiger partial charge on any atom is -0.444 e. The van der Waals surface area contributed by atoms with Crippen molar-refractivity contribution in [2.24, 2.45) is 11.1 Å². The molecule has 0 unspecified atom stereocenters. The predicted molar refractivity (Wildman–Crippen MR) is 156 cm³/mol. The lowest BCUT2D eigenvalue weighted by Gasteiger charge is -2.41. The van der Waals surface area contributed by atoms with Crippen LogP contribution in [0.4, 0.5) is 16.5 Å². The van der Waals surface area contributed by atoms with Gasteiger partial charge in [-0.15, -0.1) is 0 Å².